The molecule has 1 amide bonds. The lowest BCUT2D eigenvalue weighted by atomic mass is 10.0. The molecule has 1 unspecified atom stereocenters. The third kappa shape index (κ3) is 8.72. The van der Waals surface area contributed by atoms with E-state index in [9.17, 15) is 9.90 Å². The van der Waals surface area contributed by atoms with Crippen LogP contribution in [0.2, 0.25) is 0 Å². The molecule has 0 aliphatic carbocycles. The van der Waals surface area contributed by atoms with Crippen molar-refractivity contribution in [3.8, 4) is 0 Å². The Morgan fingerprint density at radius 2 is 2.27 bits per heavy atom. The van der Waals surface area contributed by atoms with Crippen LogP contribution in [0.3, 0.4) is 0 Å². The third-order valence-corrected chi connectivity index (χ3v) is 3.01. The van der Waals surface area contributed by atoms with Crippen LogP contribution in [-0.4, -0.2) is 48.4 Å². The number of hydrogen-bond acceptors (Lipinski definition) is 4. The van der Waals surface area contributed by atoms with Gasteiger partial charge >= 0.3 is 0 Å². The number of aliphatic hydroxyl groups is 1. The molecule has 1 atom stereocenters. The van der Waals surface area contributed by atoms with Crippen molar-refractivity contribution in [2.24, 2.45) is 0 Å². The van der Waals surface area contributed by atoms with E-state index in [2.05, 4.69) is 5.32 Å². The van der Waals surface area contributed by atoms with Crippen LogP contribution in [0.15, 0.2) is 0 Å². The fourth-order valence-electron chi connectivity index (χ4n) is 0.772. The lowest BCUT2D eigenvalue weighted by Crippen LogP contribution is -2.40. The molecule has 15 heavy (non-hydrogen) atoms. The van der Waals surface area contributed by atoms with Crippen molar-refractivity contribution < 1.29 is 14.6 Å². The van der Waals surface area contributed by atoms with Crippen molar-refractivity contribution >= 4 is 17.7 Å². The second-order valence-corrected chi connectivity index (χ2v) is 4.78. The van der Waals surface area contributed by atoms with E-state index in [1.54, 1.807) is 14.0 Å². The number of carbonyl (C=O) groups is 1. The van der Waals surface area contributed by atoms with Gasteiger partial charge in [0.2, 0.25) is 5.91 Å². The number of amides is 1. The first-order valence-electron chi connectivity index (χ1n) is 5.07. The average Bonchev–Trinajstić information content (AvgIpc) is 2.22. The lowest BCUT2D eigenvalue weighted by molar-refractivity contribution is -0.119. The van der Waals surface area contributed by atoms with Crippen LogP contribution in [0.5, 0.6) is 0 Å². The summed E-state index contributed by atoms with van der Waals surface area (Å²) < 4.78 is 4.86. The first-order valence-corrected chi connectivity index (χ1v) is 6.23. The summed E-state index contributed by atoms with van der Waals surface area (Å²) in [6.45, 7) is 4.57. The van der Waals surface area contributed by atoms with Gasteiger partial charge in [0.15, 0.2) is 0 Å². The topological polar surface area (TPSA) is 58.6 Å². The summed E-state index contributed by atoms with van der Waals surface area (Å²) in [7, 11) is 1.64. The molecule has 4 nitrogen and oxygen atoms in total. The Balaban J connectivity index is 3.49. The van der Waals surface area contributed by atoms with E-state index >= 15 is 0 Å². The zero-order chi connectivity index (χ0) is 11.7. The summed E-state index contributed by atoms with van der Waals surface area (Å²) in [5, 5.41) is 12.3. The van der Waals surface area contributed by atoms with Gasteiger partial charge in [0.05, 0.1) is 18.0 Å². The van der Waals surface area contributed by atoms with E-state index in [4.69, 9.17) is 4.74 Å². The van der Waals surface area contributed by atoms with Crippen molar-refractivity contribution in [1.82, 2.24) is 5.32 Å². The second-order valence-electron chi connectivity index (χ2n) is 3.67. The highest BCUT2D eigenvalue weighted by Crippen LogP contribution is 2.06. The SMILES string of the molecule is CCC(C)(O)CNC(=O)CSCCOC. The molecule has 0 saturated carbocycles. The molecule has 0 rings (SSSR count). The van der Waals surface area contributed by atoms with Gasteiger partial charge in [0, 0.05) is 19.4 Å². The Labute approximate surface area is 95.8 Å². The Morgan fingerprint density at radius 1 is 1.60 bits per heavy atom. The highest BCUT2D eigenvalue weighted by molar-refractivity contribution is 7.99. The van der Waals surface area contributed by atoms with Gasteiger partial charge in [0.25, 0.3) is 0 Å². The van der Waals surface area contributed by atoms with Gasteiger partial charge in [-0.1, -0.05) is 6.92 Å². The molecule has 0 heterocycles. The number of carbonyl (C=O) groups excluding carboxylic acids is 1. The molecule has 0 bridgehead atoms. The standard InChI is InChI=1S/C10H21NO3S/c1-4-10(2,13)8-11-9(12)7-15-6-5-14-3/h13H,4-8H2,1-3H3,(H,11,12). The van der Waals surface area contributed by atoms with E-state index in [0.29, 0.717) is 25.3 Å². The Hall–Kier alpha value is -0.260. The maximum atomic E-state index is 11.3. The van der Waals surface area contributed by atoms with Gasteiger partial charge in [-0.2, -0.15) is 0 Å². The molecule has 0 radical (unpaired) electrons. The number of hydrogen-bond donors (Lipinski definition) is 2. The van der Waals surface area contributed by atoms with Crippen LogP contribution in [-0.2, 0) is 9.53 Å². The second kappa shape index (κ2) is 7.96. The molecule has 90 valence electrons. The van der Waals surface area contributed by atoms with Crippen molar-refractivity contribution in [3.63, 3.8) is 0 Å². The first kappa shape index (κ1) is 14.7. The van der Waals surface area contributed by atoms with Gasteiger partial charge in [-0.3, -0.25) is 4.79 Å². The Bertz CT molecular complexity index is 186. The maximum absolute atomic E-state index is 11.3. The molecule has 0 fully saturated rings. The van der Waals surface area contributed by atoms with Crippen molar-refractivity contribution in [1.29, 1.82) is 0 Å². The molecule has 2 N–H and O–H groups in total. The minimum absolute atomic E-state index is 0.0372. The largest absolute Gasteiger partial charge is 0.388 e. The molecule has 0 spiro atoms. The van der Waals surface area contributed by atoms with Crippen LogP contribution in [0, 0.1) is 0 Å². The molecule has 0 aromatic carbocycles. The Kier molecular flexibility index (Phi) is 7.82. The molecule has 0 aliphatic rings. The summed E-state index contributed by atoms with van der Waals surface area (Å²) in [5.41, 5.74) is -0.799. The van der Waals surface area contributed by atoms with E-state index in [1.807, 2.05) is 6.92 Å². The number of ether oxygens (including phenoxy) is 1. The summed E-state index contributed by atoms with van der Waals surface area (Å²) in [4.78, 5) is 11.3. The summed E-state index contributed by atoms with van der Waals surface area (Å²) >= 11 is 1.53. The van der Waals surface area contributed by atoms with Gasteiger partial charge in [-0.15, -0.1) is 11.8 Å². The first-order chi connectivity index (χ1) is 7.02. The van der Waals surface area contributed by atoms with Gasteiger partial charge in [-0.05, 0) is 13.3 Å². The minimum atomic E-state index is -0.799. The van der Waals surface area contributed by atoms with Crippen molar-refractivity contribution in [2.45, 2.75) is 25.9 Å². The van der Waals surface area contributed by atoms with Crippen LogP contribution in [0.25, 0.3) is 0 Å². The summed E-state index contributed by atoms with van der Waals surface area (Å²) in [6, 6.07) is 0. The van der Waals surface area contributed by atoms with E-state index in [-0.39, 0.29) is 5.91 Å². The lowest BCUT2D eigenvalue weighted by Gasteiger charge is -2.21. The molecule has 0 aliphatic heterocycles. The van der Waals surface area contributed by atoms with Crippen molar-refractivity contribution in [2.75, 3.05) is 31.8 Å². The summed E-state index contributed by atoms with van der Waals surface area (Å²) in [6.07, 6.45) is 0.629. The highest BCUT2D eigenvalue weighted by Gasteiger charge is 2.17. The highest BCUT2D eigenvalue weighted by atomic mass is 32.2. The van der Waals surface area contributed by atoms with Crippen molar-refractivity contribution in [3.05, 3.63) is 0 Å². The van der Waals surface area contributed by atoms with Gasteiger partial charge in [0.1, 0.15) is 0 Å². The molecular formula is C10H21NO3S. The smallest absolute Gasteiger partial charge is 0.230 e. The Morgan fingerprint density at radius 3 is 2.80 bits per heavy atom. The van der Waals surface area contributed by atoms with E-state index in [0.717, 1.165) is 5.75 Å². The average molecular weight is 235 g/mol. The summed E-state index contributed by atoms with van der Waals surface area (Å²) in [5.74, 6) is 1.20. The predicted octanol–water partition coefficient (Wildman–Crippen LogP) is 0.643. The van der Waals surface area contributed by atoms with Gasteiger partial charge in [-0.25, -0.2) is 0 Å². The van der Waals surface area contributed by atoms with Crippen LogP contribution in [0.1, 0.15) is 20.3 Å². The zero-order valence-corrected chi connectivity index (χ0v) is 10.5. The predicted molar refractivity (Wildman–Crippen MR) is 63.1 cm³/mol. The number of rotatable bonds is 8. The minimum Gasteiger partial charge on any atom is -0.388 e. The normalized spacial score (nSPS) is 14.7. The zero-order valence-electron chi connectivity index (χ0n) is 9.71. The molecule has 5 heteroatoms. The molecule has 0 saturated heterocycles. The number of thioether (sulfide) groups is 1. The third-order valence-electron chi connectivity index (χ3n) is 2.09. The quantitative estimate of drug-likeness (QED) is 0.606. The van der Waals surface area contributed by atoms with Crippen LogP contribution in [0.4, 0.5) is 0 Å². The molecular weight excluding hydrogens is 214 g/mol. The fourth-order valence-corrected chi connectivity index (χ4v) is 1.49. The fraction of sp³-hybridized carbons (Fsp3) is 0.900. The van der Waals surface area contributed by atoms with Gasteiger partial charge < -0.3 is 15.2 Å². The maximum Gasteiger partial charge on any atom is 0.230 e. The molecule has 0 aromatic rings. The van der Waals surface area contributed by atoms with Crippen LogP contribution < -0.4 is 5.32 Å². The van der Waals surface area contributed by atoms with E-state index < -0.39 is 5.60 Å². The van der Waals surface area contributed by atoms with Crippen LogP contribution >= 0.6 is 11.8 Å². The monoisotopic (exact) mass is 235 g/mol. The van der Waals surface area contributed by atoms with E-state index in [1.165, 1.54) is 11.8 Å². The number of nitrogens with one attached hydrogen (secondary N) is 1. The number of methoxy groups -OCH3 is 1. The molecule has 0 aromatic heterocycles.